The number of ether oxygens (including phenoxy) is 1. The zero-order valence-electron chi connectivity index (χ0n) is 13.2. The molecule has 2 aromatic rings. The molecule has 1 aromatic heterocycles. The lowest BCUT2D eigenvalue weighted by atomic mass is 9.96. The first kappa shape index (κ1) is 14.1. The summed E-state index contributed by atoms with van der Waals surface area (Å²) in [6.07, 6.45) is 1.98. The Morgan fingerprint density at radius 3 is 2.86 bits per heavy atom. The predicted molar refractivity (Wildman–Crippen MR) is 83.8 cm³/mol. The van der Waals surface area contributed by atoms with E-state index < -0.39 is 0 Å². The number of fused-ring (bicyclic) bond motifs is 1. The molecule has 2 heterocycles. The SMILES string of the molecule is CNC(Cc1c(C)nn(C)c1C)c1ccc2c(c1)CCO2. The van der Waals surface area contributed by atoms with Crippen LogP contribution in [0.1, 0.15) is 34.1 Å². The normalized spacial score (nSPS) is 14.9. The highest BCUT2D eigenvalue weighted by atomic mass is 16.5. The molecule has 0 bridgehead atoms. The van der Waals surface area contributed by atoms with E-state index in [1.54, 1.807) is 0 Å². The fourth-order valence-corrected chi connectivity index (χ4v) is 3.13. The number of hydrogen-bond acceptors (Lipinski definition) is 3. The van der Waals surface area contributed by atoms with Crippen molar-refractivity contribution in [2.45, 2.75) is 32.7 Å². The van der Waals surface area contributed by atoms with Crippen LogP contribution in [-0.4, -0.2) is 23.4 Å². The van der Waals surface area contributed by atoms with E-state index >= 15 is 0 Å². The molecule has 0 radical (unpaired) electrons. The maximum Gasteiger partial charge on any atom is 0.122 e. The number of aromatic nitrogens is 2. The third kappa shape index (κ3) is 2.56. The van der Waals surface area contributed by atoms with Crippen LogP contribution in [0.2, 0.25) is 0 Å². The third-order valence-electron chi connectivity index (χ3n) is 4.53. The van der Waals surface area contributed by atoms with Crippen molar-refractivity contribution in [1.82, 2.24) is 15.1 Å². The van der Waals surface area contributed by atoms with E-state index in [2.05, 4.69) is 42.5 Å². The lowest BCUT2D eigenvalue weighted by Gasteiger charge is -2.18. The van der Waals surface area contributed by atoms with E-state index in [0.29, 0.717) is 6.04 Å². The molecule has 112 valence electrons. The minimum Gasteiger partial charge on any atom is -0.493 e. The van der Waals surface area contributed by atoms with E-state index in [9.17, 15) is 0 Å². The average molecular weight is 285 g/mol. The Morgan fingerprint density at radius 1 is 1.38 bits per heavy atom. The molecule has 1 aromatic carbocycles. The van der Waals surface area contributed by atoms with Gasteiger partial charge in [-0.15, -0.1) is 0 Å². The summed E-state index contributed by atoms with van der Waals surface area (Å²) in [6.45, 7) is 5.04. The van der Waals surface area contributed by atoms with Crippen LogP contribution in [0.3, 0.4) is 0 Å². The van der Waals surface area contributed by atoms with Crippen LogP contribution >= 0.6 is 0 Å². The van der Waals surface area contributed by atoms with Gasteiger partial charge in [0.25, 0.3) is 0 Å². The second kappa shape index (κ2) is 5.53. The van der Waals surface area contributed by atoms with Gasteiger partial charge in [0.05, 0.1) is 12.3 Å². The highest BCUT2D eigenvalue weighted by Crippen LogP contribution is 2.30. The standard InChI is InChI=1S/C17H23N3O/c1-11-15(12(2)20(4)19-11)10-16(18-3)13-5-6-17-14(9-13)7-8-21-17/h5-6,9,16,18H,7-8,10H2,1-4H3. The van der Waals surface area contributed by atoms with E-state index in [4.69, 9.17) is 4.74 Å². The van der Waals surface area contributed by atoms with Crippen molar-refractivity contribution in [3.8, 4) is 5.75 Å². The van der Waals surface area contributed by atoms with Crippen LogP contribution < -0.4 is 10.1 Å². The Hall–Kier alpha value is -1.81. The number of aryl methyl sites for hydroxylation is 2. The van der Waals surface area contributed by atoms with Crippen molar-refractivity contribution in [2.24, 2.45) is 7.05 Å². The lowest BCUT2D eigenvalue weighted by Crippen LogP contribution is -2.19. The number of nitrogens with one attached hydrogen (secondary N) is 1. The molecule has 0 aliphatic carbocycles. The summed E-state index contributed by atoms with van der Waals surface area (Å²) in [5.41, 5.74) is 6.36. The first-order valence-electron chi connectivity index (χ1n) is 7.52. The maximum atomic E-state index is 5.59. The summed E-state index contributed by atoms with van der Waals surface area (Å²) in [7, 11) is 4.03. The Balaban J connectivity index is 1.88. The summed E-state index contributed by atoms with van der Waals surface area (Å²) >= 11 is 0. The Morgan fingerprint density at radius 2 is 2.19 bits per heavy atom. The van der Waals surface area contributed by atoms with Crippen molar-refractivity contribution in [2.75, 3.05) is 13.7 Å². The average Bonchev–Trinajstić information content (AvgIpc) is 3.03. The minimum atomic E-state index is 0.303. The quantitative estimate of drug-likeness (QED) is 0.938. The molecule has 1 aliphatic heterocycles. The smallest absolute Gasteiger partial charge is 0.122 e. The van der Waals surface area contributed by atoms with Crippen LogP contribution in [0.25, 0.3) is 0 Å². The molecule has 1 unspecified atom stereocenters. The number of nitrogens with zero attached hydrogens (tertiary/aromatic N) is 2. The molecular formula is C17H23N3O. The number of likely N-dealkylation sites (N-methyl/N-ethyl adjacent to an activating group) is 1. The molecule has 1 N–H and O–H groups in total. The number of benzene rings is 1. The monoisotopic (exact) mass is 285 g/mol. The zero-order valence-corrected chi connectivity index (χ0v) is 13.2. The fourth-order valence-electron chi connectivity index (χ4n) is 3.13. The lowest BCUT2D eigenvalue weighted by molar-refractivity contribution is 0.356. The predicted octanol–water partition coefficient (Wildman–Crippen LogP) is 2.48. The summed E-state index contributed by atoms with van der Waals surface area (Å²) < 4.78 is 7.56. The largest absolute Gasteiger partial charge is 0.493 e. The molecule has 0 spiro atoms. The topological polar surface area (TPSA) is 39.1 Å². The van der Waals surface area contributed by atoms with Gasteiger partial charge >= 0.3 is 0 Å². The first-order chi connectivity index (χ1) is 10.1. The number of hydrogen-bond donors (Lipinski definition) is 1. The van der Waals surface area contributed by atoms with E-state index in [1.807, 2.05) is 18.8 Å². The van der Waals surface area contributed by atoms with Gasteiger partial charge in [0, 0.05) is 25.2 Å². The minimum absolute atomic E-state index is 0.303. The molecule has 0 saturated carbocycles. The Labute approximate surface area is 126 Å². The molecule has 0 fully saturated rings. The van der Waals surface area contributed by atoms with Gasteiger partial charge in [-0.25, -0.2) is 0 Å². The molecule has 1 atom stereocenters. The van der Waals surface area contributed by atoms with Gasteiger partial charge in [-0.1, -0.05) is 12.1 Å². The van der Waals surface area contributed by atoms with Gasteiger partial charge in [-0.3, -0.25) is 4.68 Å². The second-order valence-electron chi connectivity index (χ2n) is 5.78. The van der Waals surface area contributed by atoms with E-state index in [1.165, 1.54) is 22.4 Å². The molecule has 3 rings (SSSR count). The molecule has 0 saturated heterocycles. The molecular weight excluding hydrogens is 262 g/mol. The van der Waals surface area contributed by atoms with Gasteiger partial charge in [0.15, 0.2) is 0 Å². The van der Waals surface area contributed by atoms with Gasteiger partial charge < -0.3 is 10.1 Å². The van der Waals surface area contributed by atoms with Crippen molar-refractivity contribution in [3.05, 3.63) is 46.3 Å². The molecule has 1 aliphatic rings. The second-order valence-corrected chi connectivity index (χ2v) is 5.78. The maximum absolute atomic E-state index is 5.59. The van der Waals surface area contributed by atoms with Crippen molar-refractivity contribution in [3.63, 3.8) is 0 Å². The summed E-state index contributed by atoms with van der Waals surface area (Å²) in [6, 6.07) is 6.86. The van der Waals surface area contributed by atoms with Crippen LogP contribution in [-0.2, 0) is 19.9 Å². The third-order valence-corrected chi connectivity index (χ3v) is 4.53. The summed E-state index contributed by atoms with van der Waals surface area (Å²) in [4.78, 5) is 0. The molecule has 4 heteroatoms. The number of rotatable bonds is 4. The molecule has 21 heavy (non-hydrogen) atoms. The van der Waals surface area contributed by atoms with Crippen molar-refractivity contribution < 1.29 is 4.74 Å². The van der Waals surface area contributed by atoms with Crippen molar-refractivity contribution >= 4 is 0 Å². The molecule has 0 amide bonds. The summed E-state index contributed by atoms with van der Waals surface area (Å²) in [5.74, 6) is 1.04. The Kier molecular flexibility index (Phi) is 3.72. The molecule has 4 nitrogen and oxygen atoms in total. The van der Waals surface area contributed by atoms with Crippen LogP contribution in [0, 0.1) is 13.8 Å². The summed E-state index contributed by atoms with van der Waals surface area (Å²) in [5, 5.41) is 7.96. The van der Waals surface area contributed by atoms with Crippen molar-refractivity contribution in [1.29, 1.82) is 0 Å². The highest BCUT2D eigenvalue weighted by molar-refractivity contribution is 5.41. The van der Waals surface area contributed by atoms with E-state index in [0.717, 1.165) is 30.9 Å². The van der Waals surface area contributed by atoms with Gasteiger partial charge in [0.1, 0.15) is 5.75 Å². The Bertz CT molecular complexity index is 660. The van der Waals surface area contributed by atoms with Gasteiger partial charge in [-0.05, 0) is 50.1 Å². The fraction of sp³-hybridized carbons (Fsp3) is 0.471. The van der Waals surface area contributed by atoms with Gasteiger partial charge in [-0.2, -0.15) is 5.10 Å². The van der Waals surface area contributed by atoms with Crippen LogP contribution in [0.15, 0.2) is 18.2 Å². The van der Waals surface area contributed by atoms with Gasteiger partial charge in [0.2, 0.25) is 0 Å². The van der Waals surface area contributed by atoms with Crippen LogP contribution in [0.5, 0.6) is 5.75 Å². The van der Waals surface area contributed by atoms with E-state index in [-0.39, 0.29) is 0 Å². The first-order valence-corrected chi connectivity index (χ1v) is 7.52. The van der Waals surface area contributed by atoms with Crippen LogP contribution in [0.4, 0.5) is 0 Å². The zero-order chi connectivity index (χ0) is 15.0. The highest BCUT2D eigenvalue weighted by Gasteiger charge is 2.19.